The van der Waals surface area contributed by atoms with Gasteiger partial charge in [0.05, 0.1) is 6.04 Å². The zero-order valence-electron chi connectivity index (χ0n) is 11.7. The summed E-state index contributed by atoms with van der Waals surface area (Å²) in [4.78, 5) is 2.45. The zero-order chi connectivity index (χ0) is 14.7. The Morgan fingerprint density at radius 2 is 1.71 bits per heavy atom. The smallest absolute Gasteiger partial charge is 0.123 e. The van der Waals surface area contributed by atoms with Gasteiger partial charge < -0.3 is 5.32 Å². The molecule has 1 aliphatic heterocycles. The van der Waals surface area contributed by atoms with Crippen molar-refractivity contribution in [3.8, 4) is 0 Å². The number of hydrogen-bond donors (Lipinski definition) is 1. The minimum atomic E-state index is -0.188. The van der Waals surface area contributed by atoms with Crippen molar-refractivity contribution < 1.29 is 4.39 Å². The zero-order valence-corrected chi connectivity index (χ0v) is 13.3. The molecular weight excluding hydrogens is 331 g/mol. The lowest BCUT2D eigenvalue weighted by atomic mass is 9.96. The number of rotatable bonds is 3. The molecule has 3 rings (SSSR count). The monoisotopic (exact) mass is 348 g/mol. The third-order valence-corrected chi connectivity index (χ3v) is 4.36. The molecule has 4 heteroatoms. The Balaban J connectivity index is 1.99. The van der Waals surface area contributed by atoms with Crippen LogP contribution in [0.15, 0.2) is 53.0 Å². The van der Waals surface area contributed by atoms with Crippen LogP contribution in [0.1, 0.15) is 17.2 Å². The van der Waals surface area contributed by atoms with E-state index in [0.717, 1.165) is 36.2 Å². The normalized spacial score (nSPS) is 17.6. The quantitative estimate of drug-likeness (QED) is 0.911. The van der Waals surface area contributed by atoms with E-state index in [1.54, 1.807) is 12.1 Å². The number of nitrogens with zero attached hydrogens (tertiary/aromatic N) is 1. The van der Waals surface area contributed by atoms with Crippen molar-refractivity contribution in [2.24, 2.45) is 0 Å². The van der Waals surface area contributed by atoms with Gasteiger partial charge in [0.1, 0.15) is 5.82 Å². The fraction of sp³-hybridized carbons (Fsp3) is 0.294. The molecule has 1 fully saturated rings. The third-order valence-electron chi connectivity index (χ3n) is 3.87. The number of halogens is 2. The SMILES string of the molecule is Fc1ccc(C(c2cccc(Br)c2)N2CCNCC2)cc1. The fourth-order valence-corrected chi connectivity index (χ4v) is 3.29. The Morgan fingerprint density at radius 1 is 1.00 bits per heavy atom. The van der Waals surface area contributed by atoms with Crippen molar-refractivity contribution in [1.29, 1.82) is 0 Å². The van der Waals surface area contributed by atoms with Gasteiger partial charge in [-0.05, 0) is 35.4 Å². The molecule has 0 saturated carbocycles. The molecule has 0 bridgehead atoms. The second-order valence-corrected chi connectivity index (χ2v) is 6.21. The maximum absolute atomic E-state index is 13.2. The van der Waals surface area contributed by atoms with Crippen LogP contribution in [0, 0.1) is 5.82 Å². The predicted molar refractivity (Wildman–Crippen MR) is 86.8 cm³/mol. The van der Waals surface area contributed by atoms with Gasteiger partial charge in [-0.15, -0.1) is 0 Å². The van der Waals surface area contributed by atoms with E-state index in [0.29, 0.717) is 0 Å². The lowest BCUT2D eigenvalue weighted by Crippen LogP contribution is -2.45. The van der Waals surface area contributed by atoms with Crippen LogP contribution in [-0.2, 0) is 0 Å². The van der Waals surface area contributed by atoms with Crippen molar-refractivity contribution in [1.82, 2.24) is 10.2 Å². The molecule has 1 atom stereocenters. The van der Waals surface area contributed by atoms with Gasteiger partial charge in [0.25, 0.3) is 0 Å². The molecule has 0 spiro atoms. The topological polar surface area (TPSA) is 15.3 Å². The highest BCUT2D eigenvalue weighted by Crippen LogP contribution is 2.30. The number of piperazine rings is 1. The maximum atomic E-state index is 13.2. The highest BCUT2D eigenvalue weighted by Gasteiger charge is 2.23. The van der Waals surface area contributed by atoms with Crippen molar-refractivity contribution in [3.63, 3.8) is 0 Å². The minimum absolute atomic E-state index is 0.171. The standard InChI is InChI=1S/C17H18BrFN2/c18-15-3-1-2-14(12-15)17(21-10-8-20-9-11-21)13-4-6-16(19)7-5-13/h1-7,12,17,20H,8-11H2. The van der Waals surface area contributed by atoms with Gasteiger partial charge in [-0.3, -0.25) is 4.90 Å². The van der Waals surface area contributed by atoms with E-state index in [9.17, 15) is 4.39 Å². The highest BCUT2D eigenvalue weighted by molar-refractivity contribution is 9.10. The Morgan fingerprint density at radius 3 is 2.38 bits per heavy atom. The summed E-state index contributed by atoms with van der Waals surface area (Å²) in [5, 5.41) is 3.38. The first-order chi connectivity index (χ1) is 10.2. The van der Waals surface area contributed by atoms with Gasteiger partial charge in [-0.2, -0.15) is 0 Å². The Bertz CT molecular complexity index is 594. The summed E-state index contributed by atoms with van der Waals surface area (Å²) < 4.78 is 14.3. The van der Waals surface area contributed by atoms with Crippen LogP contribution in [0.5, 0.6) is 0 Å². The molecule has 0 amide bonds. The van der Waals surface area contributed by atoms with Crippen LogP contribution in [-0.4, -0.2) is 31.1 Å². The van der Waals surface area contributed by atoms with Crippen molar-refractivity contribution in [2.45, 2.75) is 6.04 Å². The summed E-state index contributed by atoms with van der Waals surface area (Å²) in [7, 11) is 0. The van der Waals surface area contributed by atoms with E-state index in [1.165, 1.54) is 5.56 Å². The lowest BCUT2D eigenvalue weighted by molar-refractivity contribution is 0.198. The van der Waals surface area contributed by atoms with Gasteiger partial charge >= 0.3 is 0 Å². The van der Waals surface area contributed by atoms with Gasteiger partial charge in [0, 0.05) is 30.7 Å². The summed E-state index contributed by atoms with van der Waals surface area (Å²) in [5.41, 5.74) is 2.37. The molecule has 1 aliphatic rings. The van der Waals surface area contributed by atoms with Crippen molar-refractivity contribution >= 4 is 15.9 Å². The van der Waals surface area contributed by atoms with Crippen LogP contribution in [0.2, 0.25) is 0 Å². The first-order valence-corrected chi connectivity index (χ1v) is 7.99. The first-order valence-electron chi connectivity index (χ1n) is 7.20. The van der Waals surface area contributed by atoms with Crippen molar-refractivity contribution in [2.75, 3.05) is 26.2 Å². The first kappa shape index (κ1) is 14.7. The number of benzene rings is 2. The van der Waals surface area contributed by atoms with Gasteiger partial charge in [-0.1, -0.05) is 40.2 Å². The summed E-state index contributed by atoms with van der Waals surface area (Å²) in [6.45, 7) is 3.97. The van der Waals surface area contributed by atoms with Crippen LogP contribution in [0.4, 0.5) is 4.39 Å². The largest absolute Gasteiger partial charge is 0.314 e. The minimum Gasteiger partial charge on any atom is -0.314 e. The van der Waals surface area contributed by atoms with Gasteiger partial charge in [-0.25, -0.2) is 4.39 Å². The molecule has 0 aromatic heterocycles. The Kier molecular flexibility index (Phi) is 4.68. The predicted octanol–water partition coefficient (Wildman–Crippen LogP) is 3.58. The molecule has 1 saturated heterocycles. The van der Waals surface area contributed by atoms with Crippen LogP contribution in [0.25, 0.3) is 0 Å². The molecule has 110 valence electrons. The Labute approximate surface area is 133 Å². The molecule has 2 nitrogen and oxygen atoms in total. The van der Waals surface area contributed by atoms with Crippen LogP contribution in [0.3, 0.4) is 0 Å². The van der Waals surface area contributed by atoms with Crippen LogP contribution < -0.4 is 5.32 Å². The van der Waals surface area contributed by atoms with E-state index >= 15 is 0 Å². The summed E-state index contributed by atoms with van der Waals surface area (Å²) in [5.74, 6) is -0.188. The molecule has 1 unspecified atom stereocenters. The lowest BCUT2D eigenvalue weighted by Gasteiger charge is -2.35. The summed E-state index contributed by atoms with van der Waals surface area (Å²) in [6, 6.07) is 15.4. The number of hydrogen-bond acceptors (Lipinski definition) is 2. The molecular formula is C17H18BrFN2. The Hall–Kier alpha value is -1.23. The molecule has 21 heavy (non-hydrogen) atoms. The molecule has 1 heterocycles. The van der Waals surface area contributed by atoms with E-state index in [4.69, 9.17) is 0 Å². The molecule has 2 aromatic rings. The van der Waals surface area contributed by atoms with Crippen LogP contribution >= 0.6 is 15.9 Å². The van der Waals surface area contributed by atoms with Crippen molar-refractivity contribution in [3.05, 3.63) is 69.9 Å². The van der Waals surface area contributed by atoms with E-state index in [1.807, 2.05) is 18.2 Å². The molecule has 0 radical (unpaired) electrons. The molecule has 1 N–H and O–H groups in total. The average molecular weight is 349 g/mol. The van der Waals surface area contributed by atoms with E-state index in [2.05, 4.69) is 44.3 Å². The summed E-state index contributed by atoms with van der Waals surface area (Å²) in [6.07, 6.45) is 0. The molecule has 2 aromatic carbocycles. The molecule has 0 aliphatic carbocycles. The van der Waals surface area contributed by atoms with Gasteiger partial charge in [0.15, 0.2) is 0 Å². The highest BCUT2D eigenvalue weighted by atomic mass is 79.9. The number of nitrogens with one attached hydrogen (secondary N) is 1. The summed E-state index contributed by atoms with van der Waals surface area (Å²) >= 11 is 3.55. The van der Waals surface area contributed by atoms with E-state index in [-0.39, 0.29) is 11.9 Å². The maximum Gasteiger partial charge on any atom is 0.123 e. The van der Waals surface area contributed by atoms with E-state index < -0.39 is 0 Å². The van der Waals surface area contributed by atoms with Gasteiger partial charge in [0.2, 0.25) is 0 Å². The third kappa shape index (κ3) is 3.51. The second-order valence-electron chi connectivity index (χ2n) is 5.30. The second kappa shape index (κ2) is 6.69. The average Bonchev–Trinajstić information content (AvgIpc) is 2.51. The fourth-order valence-electron chi connectivity index (χ4n) is 2.88.